The highest BCUT2D eigenvalue weighted by molar-refractivity contribution is 7.89. The Morgan fingerprint density at radius 2 is 1.86 bits per heavy atom. The van der Waals surface area contributed by atoms with Gasteiger partial charge in [-0.1, -0.05) is 32.9 Å². The molecule has 0 amide bonds. The van der Waals surface area contributed by atoms with Crippen LogP contribution in [0.5, 0.6) is 0 Å². The monoisotopic (exact) mass is 310 g/mol. The average Bonchev–Trinajstić information content (AvgIpc) is 2.81. The molecule has 0 radical (unpaired) electrons. The van der Waals surface area contributed by atoms with Gasteiger partial charge in [0.05, 0.1) is 4.90 Å². The van der Waals surface area contributed by atoms with Crippen molar-refractivity contribution < 1.29 is 8.42 Å². The molecule has 1 fully saturated rings. The van der Waals surface area contributed by atoms with Gasteiger partial charge in [-0.3, -0.25) is 0 Å². The van der Waals surface area contributed by atoms with Crippen LogP contribution in [0.4, 0.5) is 0 Å². The van der Waals surface area contributed by atoms with Gasteiger partial charge >= 0.3 is 0 Å². The van der Waals surface area contributed by atoms with Crippen LogP contribution >= 0.6 is 0 Å². The van der Waals surface area contributed by atoms with Crippen molar-refractivity contribution in [2.45, 2.75) is 63.6 Å². The standard InChI is InChI=1S/C16H26N2O2S/c1-12(2)17-11-14-5-8-16(9-6-14)21(19,20)18-15-7-4-13(3)10-15/h5-6,8-9,12-13,15,17-18H,4,7,10-11H2,1-3H3. The third-order valence-corrected chi connectivity index (χ3v) is 5.50. The summed E-state index contributed by atoms with van der Waals surface area (Å²) in [6.07, 6.45) is 2.99. The molecular weight excluding hydrogens is 284 g/mol. The van der Waals surface area contributed by atoms with E-state index in [-0.39, 0.29) is 6.04 Å². The maximum Gasteiger partial charge on any atom is 0.240 e. The second-order valence-electron chi connectivity index (χ2n) is 6.42. The molecule has 0 saturated heterocycles. The predicted octanol–water partition coefficient (Wildman–Crippen LogP) is 2.65. The lowest BCUT2D eigenvalue weighted by Gasteiger charge is -2.13. The lowest BCUT2D eigenvalue weighted by atomic mass is 10.1. The van der Waals surface area contributed by atoms with Gasteiger partial charge in [0.25, 0.3) is 0 Å². The van der Waals surface area contributed by atoms with E-state index in [9.17, 15) is 8.42 Å². The Kier molecular flexibility index (Phi) is 5.41. The predicted molar refractivity (Wildman–Crippen MR) is 85.5 cm³/mol. The first kappa shape index (κ1) is 16.5. The normalized spacial score (nSPS) is 22.9. The summed E-state index contributed by atoms with van der Waals surface area (Å²) in [4.78, 5) is 0.357. The van der Waals surface area contributed by atoms with Gasteiger partial charge in [0.15, 0.2) is 0 Å². The third-order valence-electron chi connectivity index (χ3n) is 3.96. The van der Waals surface area contributed by atoms with Crippen LogP contribution in [0.2, 0.25) is 0 Å². The quantitative estimate of drug-likeness (QED) is 0.849. The number of hydrogen-bond donors (Lipinski definition) is 2. The van der Waals surface area contributed by atoms with Crippen LogP contribution in [0, 0.1) is 5.92 Å². The average molecular weight is 310 g/mol. The van der Waals surface area contributed by atoms with E-state index in [1.807, 2.05) is 12.1 Å². The van der Waals surface area contributed by atoms with Crippen molar-refractivity contribution in [3.8, 4) is 0 Å². The van der Waals surface area contributed by atoms with Gasteiger partial charge in [0.1, 0.15) is 0 Å². The fourth-order valence-corrected chi connectivity index (χ4v) is 3.99. The first-order valence-electron chi connectivity index (χ1n) is 7.71. The molecule has 1 aromatic rings. The fourth-order valence-electron chi connectivity index (χ4n) is 2.71. The fraction of sp³-hybridized carbons (Fsp3) is 0.625. The second kappa shape index (κ2) is 6.90. The van der Waals surface area contributed by atoms with Crippen molar-refractivity contribution in [2.24, 2.45) is 5.92 Å². The zero-order valence-corrected chi connectivity index (χ0v) is 13.9. The number of hydrogen-bond acceptors (Lipinski definition) is 3. The summed E-state index contributed by atoms with van der Waals surface area (Å²) in [6, 6.07) is 7.64. The molecule has 0 bridgehead atoms. The van der Waals surface area contributed by atoms with Gasteiger partial charge in [0.2, 0.25) is 10.0 Å². The number of rotatable bonds is 6. The Morgan fingerprint density at radius 3 is 2.38 bits per heavy atom. The molecule has 0 heterocycles. The van der Waals surface area contributed by atoms with Crippen LogP contribution in [0.15, 0.2) is 29.2 Å². The molecule has 118 valence electrons. The van der Waals surface area contributed by atoms with Crippen LogP contribution in [-0.4, -0.2) is 20.5 Å². The summed E-state index contributed by atoms with van der Waals surface area (Å²) in [5.41, 5.74) is 1.09. The Hall–Kier alpha value is -0.910. The van der Waals surface area contributed by atoms with Gasteiger partial charge in [-0.25, -0.2) is 13.1 Å². The maximum atomic E-state index is 12.3. The molecule has 2 atom stereocenters. The maximum absolute atomic E-state index is 12.3. The van der Waals surface area contributed by atoms with Crippen molar-refractivity contribution in [2.75, 3.05) is 0 Å². The minimum absolute atomic E-state index is 0.0901. The van der Waals surface area contributed by atoms with E-state index in [4.69, 9.17) is 0 Å². The lowest BCUT2D eigenvalue weighted by Crippen LogP contribution is -2.32. The summed E-state index contributed by atoms with van der Waals surface area (Å²) in [5.74, 6) is 0.613. The van der Waals surface area contributed by atoms with E-state index in [1.165, 1.54) is 0 Å². The number of benzene rings is 1. The first-order chi connectivity index (χ1) is 9.87. The smallest absolute Gasteiger partial charge is 0.240 e. The van der Waals surface area contributed by atoms with Gasteiger partial charge in [-0.2, -0.15) is 0 Å². The summed E-state index contributed by atoms with van der Waals surface area (Å²) < 4.78 is 27.5. The summed E-state index contributed by atoms with van der Waals surface area (Å²) in [6.45, 7) is 7.10. The van der Waals surface area contributed by atoms with Gasteiger partial charge in [0, 0.05) is 18.6 Å². The Morgan fingerprint density at radius 1 is 1.19 bits per heavy atom. The van der Waals surface area contributed by atoms with E-state index in [2.05, 4.69) is 30.8 Å². The van der Waals surface area contributed by atoms with E-state index in [0.717, 1.165) is 31.4 Å². The number of sulfonamides is 1. The molecule has 0 aliphatic heterocycles. The molecule has 1 aliphatic rings. The van der Waals surface area contributed by atoms with Crippen LogP contribution in [0.25, 0.3) is 0 Å². The third kappa shape index (κ3) is 4.80. The van der Waals surface area contributed by atoms with Crippen molar-refractivity contribution in [1.29, 1.82) is 0 Å². The van der Waals surface area contributed by atoms with Gasteiger partial charge in [-0.05, 0) is 42.9 Å². The van der Waals surface area contributed by atoms with Crippen LogP contribution in [0.3, 0.4) is 0 Å². The Labute approximate surface area is 128 Å². The molecule has 21 heavy (non-hydrogen) atoms. The van der Waals surface area contributed by atoms with Crippen LogP contribution < -0.4 is 10.0 Å². The van der Waals surface area contributed by atoms with Gasteiger partial charge in [-0.15, -0.1) is 0 Å². The summed E-state index contributed by atoms with van der Waals surface area (Å²) in [7, 11) is -3.39. The van der Waals surface area contributed by atoms with E-state index >= 15 is 0 Å². The van der Waals surface area contributed by atoms with Crippen molar-refractivity contribution in [3.05, 3.63) is 29.8 Å². The molecule has 2 unspecified atom stereocenters. The molecule has 2 rings (SSSR count). The molecular formula is C16H26N2O2S. The van der Waals surface area contributed by atoms with E-state index in [0.29, 0.717) is 16.9 Å². The Bertz CT molecular complexity index is 552. The molecule has 1 saturated carbocycles. The lowest BCUT2D eigenvalue weighted by molar-refractivity contribution is 0.538. The molecule has 0 spiro atoms. The van der Waals surface area contributed by atoms with Crippen LogP contribution in [0.1, 0.15) is 45.6 Å². The molecule has 4 nitrogen and oxygen atoms in total. The molecule has 1 aromatic carbocycles. The highest BCUT2D eigenvalue weighted by atomic mass is 32.2. The van der Waals surface area contributed by atoms with Crippen molar-refractivity contribution in [1.82, 2.24) is 10.0 Å². The van der Waals surface area contributed by atoms with Crippen molar-refractivity contribution >= 4 is 10.0 Å². The highest BCUT2D eigenvalue weighted by Crippen LogP contribution is 2.26. The van der Waals surface area contributed by atoms with E-state index in [1.54, 1.807) is 12.1 Å². The highest BCUT2D eigenvalue weighted by Gasteiger charge is 2.26. The van der Waals surface area contributed by atoms with Crippen molar-refractivity contribution in [3.63, 3.8) is 0 Å². The topological polar surface area (TPSA) is 58.2 Å². The second-order valence-corrected chi connectivity index (χ2v) is 8.13. The molecule has 2 N–H and O–H groups in total. The minimum Gasteiger partial charge on any atom is -0.310 e. The van der Waals surface area contributed by atoms with Crippen LogP contribution in [-0.2, 0) is 16.6 Å². The molecule has 0 aromatic heterocycles. The summed E-state index contributed by atoms with van der Waals surface area (Å²) >= 11 is 0. The first-order valence-corrected chi connectivity index (χ1v) is 9.20. The van der Waals surface area contributed by atoms with E-state index < -0.39 is 10.0 Å². The number of nitrogens with one attached hydrogen (secondary N) is 2. The SMILES string of the molecule is CC1CCC(NS(=O)(=O)c2ccc(CNC(C)C)cc2)C1. The Balaban J connectivity index is 1.99. The summed E-state index contributed by atoms with van der Waals surface area (Å²) in [5, 5.41) is 3.32. The largest absolute Gasteiger partial charge is 0.310 e. The molecule has 5 heteroatoms. The zero-order valence-electron chi connectivity index (χ0n) is 13.1. The van der Waals surface area contributed by atoms with Gasteiger partial charge < -0.3 is 5.32 Å². The molecule has 1 aliphatic carbocycles. The minimum atomic E-state index is -3.39. The zero-order chi connectivity index (χ0) is 15.5.